The maximum Gasteiger partial charge on any atom is 0.409 e. The zero-order valence-electron chi connectivity index (χ0n) is 16.6. The topological polar surface area (TPSA) is 87.7 Å². The van der Waals surface area contributed by atoms with Crippen LogP contribution in [0.5, 0.6) is 0 Å². The summed E-state index contributed by atoms with van der Waals surface area (Å²) in [5.41, 5.74) is 0.415. The molecule has 1 saturated heterocycles. The highest BCUT2D eigenvalue weighted by Gasteiger charge is 2.24. The van der Waals surface area contributed by atoms with Gasteiger partial charge in [0.2, 0.25) is 0 Å². The first-order chi connectivity index (χ1) is 13.1. The average molecular weight is 377 g/mol. The molecule has 2 heterocycles. The van der Waals surface area contributed by atoms with Crippen molar-refractivity contribution >= 4 is 17.8 Å². The second kappa shape index (κ2) is 10.7. The summed E-state index contributed by atoms with van der Waals surface area (Å²) in [6, 6.07) is 1.93. The summed E-state index contributed by atoms with van der Waals surface area (Å²) >= 11 is 0. The largest absolute Gasteiger partial charge is 0.450 e. The fraction of sp³-hybridized carbons (Fsp3) is 0.684. The molecule has 0 bridgehead atoms. The van der Waals surface area contributed by atoms with E-state index in [1.165, 1.54) is 6.33 Å². The molecule has 27 heavy (non-hydrogen) atoms. The van der Waals surface area contributed by atoms with Crippen LogP contribution in [0.25, 0.3) is 0 Å². The summed E-state index contributed by atoms with van der Waals surface area (Å²) in [7, 11) is 0. The van der Waals surface area contributed by atoms with Gasteiger partial charge in [-0.3, -0.25) is 4.79 Å². The van der Waals surface area contributed by atoms with Crippen molar-refractivity contribution in [3.63, 3.8) is 0 Å². The van der Waals surface area contributed by atoms with Crippen LogP contribution in [0.15, 0.2) is 12.4 Å². The van der Waals surface area contributed by atoms with Crippen LogP contribution in [-0.2, 0) is 4.74 Å². The van der Waals surface area contributed by atoms with Crippen LogP contribution in [0.1, 0.15) is 56.9 Å². The van der Waals surface area contributed by atoms with Crippen molar-refractivity contribution in [3.8, 4) is 0 Å². The summed E-state index contributed by atoms with van der Waals surface area (Å²) in [5.74, 6) is 0.595. The molecule has 2 amide bonds. The summed E-state index contributed by atoms with van der Waals surface area (Å²) in [6.07, 6.45) is 4.63. The van der Waals surface area contributed by atoms with E-state index < -0.39 is 0 Å². The van der Waals surface area contributed by atoms with Crippen LogP contribution in [0.2, 0.25) is 0 Å². The van der Waals surface area contributed by atoms with Crippen molar-refractivity contribution in [2.75, 3.05) is 38.1 Å². The third-order valence-corrected chi connectivity index (χ3v) is 4.53. The Morgan fingerprint density at radius 1 is 1.19 bits per heavy atom. The number of hydrogen-bond donors (Lipinski definition) is 1. The molecule has 2 rings (SSSR count). The van der Waals surface area contributed by atoms with Crippen LogP contribution in [0, 0.1) is 0 Å². The third-order valence-electron chi connectivity index (χ3n) is 4.53. The fourth-order valence-corrected chi connectivity index (χ4v) is 3.20. The van der Waals surface area contributed by atoms with Gasteiger partial charge in [-0.1, -0.05) is 13.8 Å². The number of rotatable bonds is 8. The smallest absolute Gasteiger partial charge is 0.409 e. The first kappa shape index (κ1) is 20.9. The number of carbonyl (C=O) groups is 2. The average Bonchev–Trinajstić information content (AvgIpc) is 2.68. The number of aromatic nitrogens is 2. The van der Waals surface area contributed by atoms with Crippen molar-refractivity contribution in [1.82, 2.24) is 19.8 Å². The molecule has 0 saturated carbocycles. The van der Waals surface area contributed by atoms with E-state index in [0.29, 0.717) is 31.2 Å². The fourth-order valence-electron chi connectivity index (χ4n) is 3.20. The van der Waals surface area contributed by atoms with Crippen LogP contribution < -0.4 is 5.32 Å². The Hall–Kier alpha value is -2.38. The highest BCUT2D eigenvalue weighted by atomic mass is 16.6. The van der Waals surface area contributed by atoms with E-state index in [1.54, 1.807) is 11.0 Å². The Kier molecular flexibility index (Phi) is 8.29. The van der Waals surface area contributed by atoms with Crippen LogP contribution in [0.4, 0.5) is 10.6 Å². The van der Waals surface area contributed by atoms with E-state index >= 15 is 0 Å². The van der Waals surface area contributed by atoms with Crippen molar-refractivity contribution in [1.29, 1.82) is 0 Å². The van der Waals surface area contributed by atoms with Gasteiger partial charge in [-0.15, -0.1) is 0 Å². The van der Waals surface area contributed by atoms with Crippen LogP contribution >= 0.6 is 0 Å². The number of nitrogens with one attached hydrogen (secondary N) is 1. The Bertz CT molecular complexity index is 611. The van der Waals surface area contributed by atoms with Crippen molar-refractivity contribution in [2.24, 2.45) is 0 Å². The first-order valence-corrected chi connectivity index (χ1v) is 9.88. The minimum Gasteiger partial charge on any atom is -0.450 e. The van der Waals surface area contributed by atoms with Crippen molar-refractivity contribution in [2.45, 2.75) is 52.5 Å². The van der Waals surface area contributed by atoms with E-state index in [0.717, 1.165) is 38.8 Å². The molecule has 1 fully saturated rings. The Morgan fingerprint density at radius 3 is 2.44 bits per heavy atom. The number of carbonyl (C=O) groups excluding carboxylic acids is 2. The molecule has 1 aliphatic rings. The summed E-state index contributed by atoms with van der Waals surface area (Å²) in [5, 5.41) is 3.37. The predicted molar refractivity (Wildman–Crippen MR) is 104 cm³/mol. The predicted octanol–water partition coefficient (Wildman–Crippen LogP) is 2.77. The van der Waals surface area contributed by atoms with Gasteiger partial charge in [-0.25, -0.2) is 14.8 Å². The van der Waals surface area contributed by atoms with E-state index in [4.69, 9.17) is 4.74 Å². The summed E-state index contributed by atoms with van der Waals surface area (Å²) in [6.45, 7) is 9.07. The Labute approximate surface area is 161 Å². The van der Waals surface area contributed by atoms with Gasteiger partial charge in [0.25, 0.3) is 5.91 Å². The molecule has 1 aliphatic heterocycles. The number of anilines is 1. The molecule has 1 aromatic heterocycles. The molecule has 8 heteroatoms. The lowest BCUT2D eigenvalue weighted by atomic mass is 10.1. The molecule has 1 aromatic rings. The minimum absolute atomic E-state index is 0.0544. The number of piperidine rings is 1. The molecule has 0 spiro atoms. The molecular formula is C19H31N5O3. The van der Waals surface area contributed by atoms with E-state index in [-0.39, 0.29) is 18.0 Å². The summed E-state index contributed by atoms with van der Waals surface area (Å²) in [4.78, 5) is 36.4. The van der Waals surface area contributed by atoms with Gasteiger partial charge < -0.3 is 19.9 Å². The molecule has 1 N–H and O–H groups in total. The molecule has 0 radical (unpaired) electrons. The van der Waals surface area contributed by atoms with E-state index in [1.807, 2.05) is 11.8 Å². The van der Waals surface area contributed by atoms with Gasteiger partial charge in [0, 0.05) is 38.3 Å². The Balaban J connectivity index is 1.94. The lowest BCUT2D eigenvalue weighted by Gasteiger charge is -2.31. The van der Waals surface area contributed by atoms with Gasteiger partial charge in [0.15, 0.2) is 0 Å². The molecule has 0 atom stereocenters. The normalized spacial score (nSPS) is 14.7. The number of nitrogens with zero attached hydrogens (tertiary/aromatic N) is 4. The monoisotopic (exact) mass is 377 g/mol. The molecule has 8 nitrogen and oxygen atoms in total. The molecular weight excluding hydrogens is 346 g/mol. The van der Waals surface area contributed by atoms with Gasteiger partial charge in [0.1, 0.15) is 17.8 Å². The maximum atomic E-state index is 12.7. The van der Waals surface area contributed by atoms with Crippen LogP contribution in [-0.4, -0.2) is 70.6 Å². The second-order valence-electron chi connectivity index (χ2n) is 6.69. The summed E-state index contributed by atoms with van der Waals surface area (Å²) < 4.78 is 5.04. The van der Waals surface area contributed by atoms with E-state index in [2.05, 4.69) is 29.1 Å². The number of amides is 2. The standard InChI is InChI=1S/C19H31N5O3/c1-4-9-23(10-5-2)18(25)16-13-17(21-14-20-16)22-15-7-11-24(12-8-15)19(26)27-6-3/h13-15H,4-12H2,1-3H3,(H,20,21,22). The highest BCUT2D eigenvalue weighted by molar-refractivity contribution is 5.92. The van der Waals surface area contributed by atoms with Gasteiger partial charge in [-0.2, -0.15) is 0 Å². The van der Waals surface area contributed by atoms with E-state index in [9.17, 15) is 9.59 Å². The van der Waals surface area contributed by atoms with Gasteiger partial charge in [0.05, 0.1) is 6.61 Å². The Morgan fingerprint density at radius 2 is 1.85 bits per heavy atom. The number of hydrogen-bond acceptors (Lipinski definition) is 6. The lowest BCUT2D eigenvalue weighted by molar-refractivity contribution is 0.0749. The van der Waals surface area contributed by atoms with Crippen LogP contribution in [0.3, 0.4) is 0 Å². The third kappa shape index (κ3) is 6.08. The molecule has 0 aromatic carbocycles. The quantitative estimate of drug-likeness (QED) is 0.749. The number of ether oxygens (including phenoxy) is 1. The van der Waals surface area contributed by atoms with Gasteiger partial charge >= 0.3 is 6.09 Å². The van der Waals surface area contributed by atoms with Crippen molar-refractivity contribution in [3.05, 3.63) is 18.1 Å². The SMILES string of the molecule is CCCN(CCC)C(=O)c1cc(NC2CCN(C(=O)OCC)CC2)ncn1. The van der Waals surface area contributed by atoms with Crippen molar-refractivity contribution < 1.29 is 14.3 Å². The van der Waals surface area contributed by atoms with Gasteiger partial charge in [-0.05, 0) is 32.6 Å². The first-order valence-electron chi connectivity index (χ1n) is 9.88. The molecule has 0 aliphatic carbocycles. The zero-order chi connectivity index (χ0) is 19.6. The lowest BCUT2D eigenvalue weighted by Crippen LogP contribution is -2.42. The molecule has 0 unspecified atom stereocenters. The maximum absolute atomic E-state index is 12.7. The molecule has 150 valence electrons. The highest BCUT2D eigenvalue weighted by Crippen LogP contribution is 2.17. The minimum atomic E-state index is -0.252. The second-order valence-corrected chi connectivity index (χ2v) is 6.69. The number of likely N-dealkylation sites (tertiary alicyclic amines) is 1. The zero-order valence-corrected chi connectivity index (χ0v) is 16.6.